The van der Waals surface area contributed by atoms with Crippen LogP contribution in [0.3, 0.4) is 0 Å². The van der Waals surface area contributed by atoms with Crippen LogP contribution >= 0.6 is 0 Å². The van der Waals surface area contributed by atoms with Crippen molar-refractivity contribution in [2.45, 2.75) is 25.7 Å². The molecular weight excluding hydrogens is 392 g/mol. The van der Waals surface area contributed by atoms with E-state index in [-0.39, 0.29) is 17.7 Å². The molecule has 2 amide bonds. The van der Waals surface area contributed by atoms with Crippen LogP contribution < -0.4 is 9.47 Å². The molecule has 6 nitrogen and oxygen atoms in total. The molecule has 0 saturated carbocycles. The van der Waals surface area contributed by atoms with Crippen molar-refractivity contribution in [1.82, 2.24) is 9.80 Å². The number of nitrogens with zero attached hydrogens (tertiary/aromatic N) is 2. The van der Waals surface area contributed by atoms with Gasteiger partial charge in [0.15, 0.2) is 0 Å². The third kappa shape index (κ3) is 5.01. The van der Waals surface area contributed by atoms with E-state index >= 15 is 0 Å². The molecule has 0 N–H and O–H groups in total. The van der Waals surface area contributed by atoms with E-state index in [1.165, 1.54) is 0 Å². The Hall–Kier alpha value is -3.02. The van der Waals surface area contributed by atoms with E-state index in [4.69, 9.17) is 9.47 Å². The summed E-state index contributed by atoms with van der Waals surface area (Å²) in [5, 5.41) is 0. The fourth-order valence-corrected chi connectivity index (χ4v) is 4.41. The predicted octanol–water partition coefficient (Wildman–Crippen LogP) is 3.86. The van der Waals surface area contributed by atoms with Gasteiger partial charge in [-0.25, -0.2) is 0 Å². The van der Waals surface area contributed by atoms with Gasteiger partial charge in [0, 0.05) is 37.7 Å². The summed E-state index contributed by atoms with van der Waals surface area (Å²) in [6.07, 6.45) is 4.12. The van der Waals surface area contributed by atoms with Crippen molar-refractivity contribution in [3.05, 3.63) is 59.7 Å². The topological polar surface area (TPSA) is 59.1 Å². The maximum absolute atomic E-state index is 13.0. The quantitative estimate of drug-likeness (QED) is 0.709. The number of benzene rings is 2. The molecule has 1 unspecified atom stereocenters. The fraction of sp³-hybridized carbons (Fsp3) is 0.440. The highest BCUT2D eigenvalue weighted by molar-refractivity contribution is 5.97. The third-order valence-corrected chi connectivity index (χ3v) is 6.10. The lowest BCUT2D eigenvalue weighted by Crippen LogP contribution is -2.41. The summed E-state index contributed by atoms with van der Waals surface area (Å²) < 4.78 is 11.4. The zero-order chi connectivity index (χ0) is 21.6. The highest BCUT2D eigenvalue weighted by atomic mass is 16.5. The van der Waals surface area contributed by atoms with Crippen LogP contribution in [0.25, 0.3) is 0 Å². The molecule has 164 valence electrons. The van der Waals surface area contributed by atoms with Crippen LogP contribution in [0.15, 0.2) is 48.5 Å². The van der Waals surface area contributed by atoms with Crippen LogP contribution in [0.4, 0.5) is 0 Å². The minimum Gasteiger partial charge on any atom is -0.496 e. The van der Waals surface area contributed by atoms with Gasteiger partial charge >= 0.3 is 0 Å². The molecule has 2 heterocycles. The van der Waals surface area contributed by atoms with E-state index in [1.54, 1.807) is 7.11 Å². The maximum Gasteiger partial charge on any atom is 0.257 e. The molecule has 2 aromatic carbocycles. The second-order valence-corrected chi connectivity index (χ2v) is 8.30. The van der Waals surface area contributed by atoms with Crippen LogP contribution in [0.5, 0.6) is 11.5 Å². The number of piperidine rings is 1. The smallest absolute Gasteiger partial charge is 0.257 e. The van der Waals surface area contributed by atoms with Crippen LogP contribution in [0.1, 0.15) is 46.4 Å². The summed E-state index contributed by atoms with van der Waals surface area (Å²) in [6.45, 7) is 3.59. The minimum absolute atomic E-state index is 0.000331. The number of amides is 2. The van der Waals surface area contributed by atoms with E-state index in [0.717, 1.165) is 45.3 Å². The van der Waals surface area contributed by atoms with Gasteiger partial charge in [0.1, 0.15) is 11.5 Å². The van der Waals surface area contributed by atoms with E-state index in [0.29, 0.717) is 35.8 Å². The lowest BCUT2D eigenvalue weighted by Gasteiger charge is -2.33. The number of ether oxygens (including phenoxy) is 2. The molecule has 2 aliphatic rings. The summed E-state index contributed by atoms with van der Waals surface area (Å²) in [4.78, 5) is 29.4. The second-order valence-electron chi connectivity index (χ2n) is 8.30. The van der Waals surface area contributed by atoms with Gasteiger partial charge in [-0.2, -0.15) is 0 Å². The summed E-state index contributed by atoms with van der Waals surface area (Å²) in [5.74, 6) is 1.64. The summed E-state index contributed by atoms with van der Waals surface area (Å²) in [7, 11) is 1.58. The Morgan fingerprint density at radius 1 is 0.935 bits per heavy atom. The van der Waals surface area contributed by atoms with Crippen LogP contribution in [0.2, 0.25) is 0 Å². The second kappa shape index (κ2) is 9.86. The number of hydrogen-bond donors (Lipinski definition) is 0. The SMILES string of the molecule is COc1ccccc1C(=O)N1CCCC(COc2cccc(C(=O)N3CCCC3)c2)C1. The Balaban J connectivity index is 1.35. The molecule has 6 heteroatoms. The van der Waals surface area contributed by atoms with Crippen molar-refractivity contribution in [2.24, 2.45) is 5.92 Å². The summed E-state index contributed by atoms with van der Waals surface area (Å²) >= 11 is 0. The van der Waals surface area contributed by atoms with Crippen molar-refractivity contribution in [3.8, 4) is 11.5 Å². The van der Waals surface area contributed by atoms with Crippen LogP contribution in [-0.4, -0.2) is 61.5 Å². The Morgan fingerprint density at radius 2 is 1.71 bits per heavy atom. The van der Waals surface area contributed by atoms with E-state index in [9.17, 15) is 9.59 Å². The molecule has 1 atom stereocenters. The Kier molecular flexibility index (Phi) is 6.75. The van der Waals surface area contributed by atoms with E-state index < -0.39 is 0 Å². The molecular formula is C25H30N2O4. The highest BCUT2D eigenvalue weighted by Gasteiger charge is 2.27. The van der Waals surface area contributed by atoms with Crippen molar-refractivity contribution in [3.63, 3.8) is 0 Å². The molecule has 2 fully saturated rings. The maximum atomic E-state index is 13.0. The number of hydrogen-bond acceptors (Lipinski definition) is 4. The molecule has 0 aliphatic carbocycles. The molecule has 2 aliphatic heterocycles. The Labute approximate surface area is 183 Å². The predicted molar refractivity (Wildman–Crippen MR) is 119 cm³/mol. The van der Waals surface area contributed by atoms with Gasteiger partial charge in [0.05, 0.1) is 19.3 Å². The zero-order valence-electron chi connectivity index (χ0n) is 18.1. The molecule has 4 rings (SSSR count). The van der Waals surface area contributed by atoms with Gasteiger partial charge in [0.25, 0.3) is 11.8 Å². The van der Waals surface area contributed by atoms with E-state index in [2.05, 4.69) is 0 Å². The van der Waals surface area contributed by atoms with Crippen LogP contribution in [-0.2, 0) is 0 Å². The standard InChI is InChI=1S/C25H30N2O4/c1-30-23-12-3-2-11-22(23)25(29)27-15-7-8-19(17-27)18-31-21-10-6-9-20(16-21)24(28)26-13-4-5-14-26/h2-3,6,9-12,16,19H,4-5,7-8,13-15,17-18H2,1H3. The lowest BCUT2D eigenvalue weighted by molar-refractivity contribution is 0.0629. The number of carbonyl (C=O) groups excluding carboxylic acids is 2. The number of likely N-dealkylation sites (tertiary alicyclic amines) is 2. The first-order valence-electron chi connectivity index (χ1n) is 11.1. The minimum atomic E-state index is 0.000331. The normalized spacial score (nSPS) is 18.7. The Morgan fingerprint density at radius 3 is 2.52 bits per heavy atom. The third-order valence-electron chi connectivity index (χ3n) is 6.10. The molecule has 0 aromatic heterocycles. The average Bonchev–Trinajstić information content (AvgIpc) is 3.37. The van der Waals surface area contributed by atoms with Gasteiger partial charge < -0.3 is 19.3 Å². The monoisotopic (exact) mass is 422 g/mol. The van der Waals surface area contributed by atoms with Crippen molar-refractivity contribution < 1.29 is 19.1 Å². The van der Waals surface area contributed by atoms with E-state index in [1.807, 2.05) is 58.3 Å². The van der Waals surface area contributed by atoms with Crippen molar-refractivity contribution >= 4 is 11.8 Å². The lowest BCUT2D eigenvalue weighted by atomic mass is 9.98. The molecule has 2 aromatic rings. The zero-order valence-corrected chi connectivity index (χ0v) is 18.1. The van der Waals surface area contributed by atoms with Gasteiger partial charge in [0.2, 0.25) is 0 Å². The molecule has 0 radical (unpaired) electrons. The fourth-order valence-electron chi connectivity index (χ4n) is 4.41. The first-order valence-corrected chi connectivity index (χ1v) is 11.1. The first-order chi connectivity index (χ1) is 15.2. The molecule has 31 heavy (non-hydrogen) atoms. The van der Waals surface area contributed by atoms with Gasteiger partial charge in [-0.3, -0.25) is 9.59 Å². The molecule has 2 saturated heterocycles. The summed E-state index contributed by atoms with van der Waals surface area (Å²) in [6, 6.07) is 14.8. The number of methoxy groups -OCH3 is 1. The molecule has 0 bridgehead atoms. The summed E-state index contributed by atoms with van der Waals surface area (Å²) in [5.41, 5.74) is 1.27. The van der Waals surface area contributed by atoms with Gasteiger partial charge in [-0.05, 0) is 56.0 Å². The largest absolute Gasteiger partial charge is 0.496 e. The Bertz CT molecular complexity index is 923. The number of rotatable bonds is 6. The van der Waals surface area contributed by atoms with Gasteiger partial charge in [-0.1, -0.05) is 18.2 Å². The van der Waals surface area contributed by atoms with Crippen molar-refractivity contribution in [2.75, 3.05) is 39.9 Å². The highest BCUT2D eigenvalue weighted by Crippen LogP contribution is 2.25. The number of carbonyl (C=O) groups is 2. The van der Waals surface area contributed by atoms with Crippen LogP contribution in [0, 0.1) is 5.92 Å². The van der Waals surface area contributed by atoms with Gasteiger partial charge in [-0.15, -0.1) is 0 Å². The number of para-hydroxylation sites is 1. The molecule has 0 spiro atoms. The first kappa shape index (κ1) is 21.2. The average molecular weight is 423 g/mol. The van der Waals surface area contributed by atoms with Crippen molar-refractivity contribution in [1.29, 1.82) is 0 Å².